The van der Waals surface area contributed by atoms with Gasteiger partial charge >= 0.3 is 0 Å². The number of fused-ring (bicyclic) bond motifs is 2. The van der Waals surface area contributed by atoms with E-state index < -0.39 is 7.15 Å². The first-order valence-corrected chi connectivity index (χ1v) is 8.54. The number of nitrogens with zero attached hydrogens (tertiary/aromatic N) is 2. The van der Waals surface area contributed by atoms with Crippen LogP contribution in [-0.4, -0.2) is 31.3 Å². The summed E-state index contributed by atoms with van der Waals surface area (Å²) in [5.74, 6) is 0.522. The van der Waals surface area contributed by atoms with Crippen LogP contribution in [0, 0.1) is 11.6 Å². The molecule has 152 valence electrons. The van der Waals surface area contributed by atoms with Crippen molar-refractivity contribution in [1.82, 2.24) is 9.97 Å². The lowest BCUT2D eigenvalue weighted by Crippen LogP contribution is -1.88. The maximum atomic E-state index is 12.9. The molecule has 4 nitrogen and oxygen atoms in total. The molecule has 0 bridgehead atoms. The van der Waals surface area contributed by atoms with Crippen molar-refractivity contribution in [3.8, 4) is 11.5 Å². The molecule has 29 heavy (non-hydrogen) atoms. The highest BCUT2D eigenvalue weighted by atomic mass is 35.5. The van der Waals surface area contributed by atoms with E-state index in [-0.39, 0.29) is 16.8 Å². The second kappa shape index (κ2) is 10.5. The predicted octanol–water partition coefficient (Wildman–Crippen LogP) is 6.00. The minimum Gasteiger partial charge on any atom is -0.495 e. The summed E-state index contributed by atoms with van der Waals surface area (Å²) >= 11 is 5.81. The highest BCUT2D eigenvalue weighted by Crippen LogP contribution is 2.26. The fourth-order valence-corrected chi connectivity index (χ4v) is 2.66. The van der Waals surface area contributed by atoms with Gasteiger partial charge in [0.15, 0.2) is 10.9 Å². The molecule has 4 aromatic rings. The second-order valence-corrected chi connectivity index (χ2v) is 5.89. The summed E-state index contributed by atoms with van der Waals surface area (Å²) in [6.45, 7) is 0. The molecule has 0 spiro atoms. The van der Waals surface area contributed by atoms with Crippen molar-refractivity contribution in [3.05, 3.63) is 71.5 Å². The van der Waals surface area contributed by atoms with Crippen molar-refractivity contribution in [2.75, 3.05) is 21.4 Å². The summed E-state index contributed by atoms with van der Waals surface area (Å²) in [6, 6.07) is 12.2. The number of ether oxygens (including phenoxy) is 2. The number of alkyl halides is 1. The van der Waals surface area contributed by atoms with E-state index >= 15 is 0 Å². The lowest BCUT2D eigenvalue weighted by Gasteiger charge is -2.04. The zero-order valence-electron chi connectivity index (χ0n) is 16.6. The zero-order valence-corrected chi connectivity index (χ0v) is 16.4. The van der Waals surface area contributed by atoms with Crippen molar-refractivity contribution in [3.63, 3.8) is 0 Å². The summed E-state index contributed by atoms with van der Waals surface area (Å²) in [7, 11) is 2.05. The minimum atomic E-state index is -1.00. The molecule has 2 aromatic heterocycles. The van der Waals surface area contributed by atoms with E-state index in [1.807, 2.05) is 0 Å². The molecule has 2 aromatic carbocycles. The average molecular weight is 424 g/mol. The van der Waals surface area contributed by atoms with Crippen LogP contribution in [0.4, 0.5) is 13.2 Å². The molecule has 0 radical (unpaired) electrons. The molecule has 0 fully saturated rings. The van der Waals surface area contributed by atoms with Crippen LogP contribution in [0.25, 0.3) is 21.8 Å². The van der Waals surface area contributed by atoms with Gasteiger partial charge in [-0.15, -0.1) is 0 Å². The maximum absolute atomic E-state index is 12.9. The van der Waals surface area contributed by atoms with Crippen LogP contribution in [0.5, 0.6) is 11.5 Å². The van der Waals surface area contributed by atoms with E-state index in [0.717, 1.165) is 10.9 Å². The number of benzene rings is 2. The molecule has 0 aliphatic heterocycles. The Kier molecular flexibility index (Phi) is 7.47. The first kappa shape index (κ1) is 20.7. The molecule has 0 saturated carbocycles. The molecule has 8 heteroatoms. The molecule has 4 rings (SSSR count). The molecular weight excluding hydrogens is 405 g/mol. The van der Waals surface area contributed by atoms with Gasteiger partial charge in [-0.05, 0) is 48.5 Å². The van der Waals surface area contributed by atoms with Crippen molar-refractivity contribution in [2.24, 2.45) is 0 Å². The molecule has 0 N–H and O–H groups in total. The molecule has 2 heterocycles. The normalized spacial score (nSPS) is 10.3. The number of halogens is 4. The van der Waals surface area contributed by atoms with Gasteiger partial charge < -0.3 is 9.47 Å². The first-order chi connectivity index (χ1) is 14.4. The van der Waals surface area contributed by atoms with Gasteiger partial charge in [0, 0.05) is 10.8 Å². The van der Waals surface area contributed by atoms with Gasteiger partial charge in [0.05, 0.1) is 40.0 Å². The van der Waals surface area contributed by atoms with Gasteiger partial charge in [-0.1, -0.05) is 11.6 Å². The lowest BCUT2D eigenvalue weighted by molar-refractivity contribution is 0.413. The maximum Gasteiger partial charge on any atom is 0.171 e. The first-order valence-electron chi connectivity index (χ1n) is 8.86. The zero-order chi connectivity index (χ0) is 22.1. The minimum absolute atomic E-state index is 0.262. The number of rotatable bonds is 2. The van der Waals surface area contributed by atoms with Crippen LogP contribution in [0.15, 0.2) is 54.7 Å². The van der Waals surface area contributed by atoms with Crippen molar-refractivity contribution in [1.29, 1.82) is 0 Å². The molecule has 0 amide bonds. The van der Waals surface area contributed by atoms with E-state index in [1.54, 1.807) is 37.6 Å². The summed E-state index contributed by atoms with van der Waals surface area (Å²) in [5.41, 5.74) is 1.42. The third kappa shape index (κ3) is 5.71. The van der Waals surface area contributed by atoms with Gasteiger partial charge in [0.25, 0.3) is 0 Å². The van der Waals surface area contributed by atoms with Crippen LogP contribution in [-0.2, 0) is 0 Å². The van der Waals surface area contributed by atoms with Gasteiger partial charge in [-0.25, -0.2) is 13.8 Å². The Morgan fingerprint density at radius 3 is 2.07 bits per heavy atom. The Hall–Kier alpha value is -3.06. The molecule has 0 unspecified atom stereocenters. The standard InChI is InChI=1S/C10H7ClFNO.C10H8FNO.CH3F/c1-14-9-5-6-4-7(12)2-3-8(6)13-10(9)11;1-13-9-5-7-4-8(11)2-3-10(7)12-6-9;1-2/h2-5H,1H3;2-6H,1H3;1H3/i;;1D. The largest absolute Gasteiger partial charge is 0.495 e. The molecule has 0 saturated heterocycles. The molecule has 0 aliphatic rings. The number of methoxy groups -OCH3 is 2. The SMILES string of the molecule is COc1cc2cc(F)ccc2nc1Cl.COc1cnc2ccc(F)cc2c1.[2H]CF. The summed E-state index contributed by atoms with van der Waals surface area (Å²) < 4.78 is 51.1. The number of pyridine rings is 2. The van der Waals surface area contributed by atoms with Gasteiger partial charge in [-0.2, -0.15) is 0 Å². The summed E-state index contributed by atoms with van der Waals surface area (Å²) in [4.78, 5) is 8.16. The quantitative estimate of drug-likeness (QED) is 0.371. The second-order valence-electron chi connectivity index (χ2n) is 5.53. The molecule has 0 atom stereocenters. The van der Waals surface area contributed by atoms with Crippen LogP contribution in [0.2, 0.25) is 5.15 Å². The predicted molar refractivity (Wildman–Crippen MR) is 109 cm³/mol. The smallest absolute Gasteiger partial charge is 0.171 e. The fraction of sp³-hybridized carbons (Fsp3) is 0.143. The highest BCUT2D eigenvalue weighted by Gasteiger charge is 2.05. The number of hydrogen-bond acceptors (Lipinski definition) is 4. The van der Waals surface area contributed by atoms with Gasteiger partial charge in [0.1, 0.15) is 17.4 Å². The Morgan fingerprint density at radius 1 is 0.897 bits per heavy atom. The van der Waals surface area contributed by atoms with E-state index in [1.165, 1.54) is 31.4 Å². The summed E-state index contributed by atoms with van der Waals surface area (Å²) in [6.07, 6.45) is 1.61. The lowest BCUT2D eigenvalue weighted by atomic mass is 10.2. The monoisotopic (exact) mass is 423 g/mol. The fourth-order valence-electron chi connectivity index (χ4n) is 2.44. The van der Waals surface area contributed by atoms with Gasteiger partial charge in [-0.3, -0.25) is 9.37 Å². The molecule has 0 aliphatic carbocycles. The van der Waals surface area contributed by atoms with Crippen LogP contribution in [0.1, 0.15) is 1.37 Å². The topological polar surface area (TPSA) is 44.2 Å². The average Bonchev–Trinajstić information content (AvgIpc) is 2.74. The third-order valence-electron chi connectivity index (χ3n) is 3.77. The Bertz CT molecular complexity index is 1130. The highest BCUT2D eigenvalue weighted by molar-refractivity contribution is 6.31. The third-order valence-corrected chi connectivity index (χ3v) is 4.04. The van der Waals surface area contributed by atoms with E-state index in [0.29, 0.717) is 22.4 Å². The van der Waals surface area contributed by atoms with Crippen LogP contribution in [0.3, 0.4) is 0 Å². The van der Waals surface area contributed by atoms with E-state index in [2.05, 4.69) is 9.97 Å². The Balaban J connectivity index is 0.000000190. The van der Waals surface area contributed by atoms with E-state index in [9.17, 15) is 13.2 Å². The van der Waals surface area contributed by atoms with Crippen molar-refractivity contribution < 1.29 is 24.0 Å². The van der Waals surface area contributed by atoms with Crippen LogP contribution < -0.4 is 9.47 Å². The molecular formula is C21H18ClF3N2O2. The van der Waals surface area contributed by atoms with Gasteiger partial charge in [0.2, 0.25) is 0 Å². The van der Waals surface area contributed by atoms with Crippen molar-refractivity contribution in [2.45, 2.75) is 0 Å². The number of hydrogen-bond donors (Lipinski definition) is 0. The van der Waals surface area contributed by atoms with E-state index in [4.69, 9.17) is 22.4 Å². The Labute approximate surface area is 172 Å². The van der Waals surface area contributed by atoms with Crippen molar-refractivity contribution >= 4 is 33.4 Å². The number of aromatic nitrogens is 2. The summed E-state index contributed by atoms with van der Waals surface area (Å²) in [5, 5.41) is 1.71. The Morgan fingerprint density at radius 2 is 1.48 bits per heavy atom. The van der Waals surface area contributed by atoms with Crippen LogP contribution >= 0.6 is 11.6 Å².